The number of aromatic nitrogens is 1. The van der Waals surface area contributed by atoms with Crippen LogP contribution in [0.15, 0.2) is 77.9 Å². The van der Waals surface area contributed by atoms with E-state index in [2.05, 4.69) is 20.8 Å². The molecule has 0 aliphatic heterocycles. The molecule has 4 rings (SSSR count). The molecule has 6 nitrogen and oxygen atoms in total. The van der Waals surface area contributed by atoms with Gasteiger partial charge in [0, 0.05) is 27.6 Å². The van der Waals surface area contributed by atoms with Crippen molar-refractivity contribution in [1.29, 1.82) is 0 Å². The van der Waals surface area contributed by atoms with Gasteiger partial charge in [-0.1, -0.05) is 67.4 Å². The first-order valence-corrected chi connectivity index (χ1v) is 12.1. The van der Waals surface area contributed by atoms with Crippen LogP contribution in [0.25, 0.3) is 22.2 Å². The number of hydrazone groups is 1. The second-order valence-corrected chi connectivity index (χ2v) is 9.40. The predicted octanol–water partition coefficient (Wildman–Crippen LogP) is 6.96. The molecule has 8 heteroatoms. The third kappa shape index (κ3) is 5.73. The molecule has 4 aromatic rings. The van der Waals surface area contributed by atoms with Gasteiger partial charge in [0.05, 0.1) is 27.5 Å². The average molecular weight is 519 g/mol. The summed E-state index contributed by atoms with van der Waals surface area (Å²) in [5.74, 6) is -0.592. The van der Waals surface area contributed by atoms with Gasteiger partial charge in [-0.2, -0.15) is 5.10 Å². The Bertz CT molecular complexity index is 1500. The van der Waals surface area contributed by atoms with Crippen LogP contribution >= 0.6 is 23.2 Å². The van der Waals surface area contributed by atoms with Crippen LogP contribution in [0.5, 0.6) is 0 Å². The van der Waals surface area contributed by atoms with Gasteiger partial charge in [0.15, 0.2) is 0 Å². The van der Waals surface area contributed by atoms with Crippen LogP contribution in [-0.4, -0.2) is 22.5 Å². The lowest BCUT2D eigenvalue weighted by Crippen LogP contribution is -2.20. The summed E-state index contributed by atoms with van der Waals surface area (Å²) in [4.78, 5) is 30.0. The molecule has 182 valence electrons. The van der Waals surface area contributed by atoms with E-state index in [1.165, 1.54) is 0 Å². The quantitative estimate of drug-likeness (QED) is 0.213. The Morgan fingerprint density at radius 2 is 1.72 bits per heavy atom. The fraction of sp³-hybridized carbons (Fsp3) is 0.143. The highest BCUT2D eigenvalue weighted by Crippen LogP contribution is 2.31. The van der Waals surface area contributed by atoms with Gasteiger partial charge >= 0.3 is 0 Å². The van der Waals surface area contributed by atoms with Gasteiger partial charge in [0.25, 0.3) is 5.91 Å². The smallest absolute Gasteiger partial charge is 0.272 e. The molecular weight excluding hydrogens is 495 g/mol. The standard InChI is InChI=1S/C28H24Cl2N4O2/c1-16(2)27(35)31-20-8-6-7-18(13-20)17(3)33-34-28(36)23-15-26(22-12-11-19(29)14-24(22)30)32-25-10-5-4-9-21(23)25/h4-16H,1-3H3,(H,31,35)(H,34,36)/b33-17-. The predicted molar refractivity (Wildman–Crippen MR) is 147 cm³/mol. The number of hydrogen-bond donors (Lipinski definition) is 2. The first kappa shape index (κ1) is 25.4. The molecule has 0 spiro atoms. The third-order valence-electron chi connectivity index (χ3n) is 5.57. The number of anilines is 1. The second kappa shape index (κ2) is 10.9. The van der Waals surface area contributed by atoms with E-state index in [9.17, 15) is 9.59 Å². The monoisotopic (exact) mass is 518 g/mol. The number of para-hydroxylation sites is 1. The lowest BCUT2D eigenvalue weighted by molar-refractivity contribution is -0.118. The fourth-order valence-electron chi connectivity index (χ4n) is 3.57. The molecule has 36 heavy (non-hydrogen) atoms. The summed E-state index contributed by atoms with van der Waals surface area (Å²) in [7, 11) is 0. The van der Waals surface area contributed by atoms with Gasteiger partial charge in [0.2, 0.25) is 5.91 Å². The van der Waals surface area contributed by atoms with Gasteiger partial charge in [-0.25, -0.2) is 10.4 Å². The van der Waals surface area contributed by atoms with Gasteiger partial charge in [-0.05, 0) is 55.0 Å². The highest BCUT2D eigenvalue weighted by atomic mass is 35.5. The average Bonchev–Trinajstić information content (AvgIpc) is 2.86. The minimum Gasteiger partial charge on any atom is -0.326 e. The molecule has 0 fully saturated rings. The molecule has 0 aliphatic rings. The van der Waals surface area contributed by atoms with Crippen LogP contribution < -0.4 is 10.7 Å². The van der Waals surface area contributed by atoms with Crippen molar-refractivity contribution >= 4 is 57.3 Å². The van der Waals surface area contributed by atoms with E-state index in [0.29, 0.717) is 49.2 Å². The van der Waals surface area contributed by atoms with Crippen LogP contribution in [-0.2, 0) is 4.79 Å². The number of pyridine rings is 1. The summed E-state index contributed by atoms with van der Waals surface area (Å²) >= 11 is 12.5. The van der Waals surface area contributed by atoms with Crippen molar-refractivity contribution < 1.29 is 9.59 Å². The second-order valence-electron chi connectivity index (χ2n) is 8.56. The maximum Gasteiger partial charge on any atom is 0.272 e. The number of amides is 2. The molecule has 2 N–H and O–H groups in total. The molecular formula is C28H24Cl2N4O2. The highest BCUT2D eigenvalue weighted by Gasteiger charge is 2.16. The van der Waals surface area contributed by atoms with Crippen molar-refractivity contribution in [3.63, 3.8) is 0 Å². The highest BCUT2D eigenvalue weighted by molar-refractivity contribution is 6.36. The summed E-state index contributed by atoms with van der Waals surface area (Å²) in [6.45, 7) is 5.44. The molecule has 3 aromatic carbocycles. The topological polar surface area (TPSA) is 83.4 Å². The van der Waals surface area contributed by atoms with Gasteiger partial charge in [-0.3, -0.25) is 9.59 Å². The Morgan fingerprint density at radius 3 is 2.47 bits per heavy atom. The van der Waals surface area contributed by atoms with E-state index < -0.39 is 0 Å². The molecule has 2 amide bonds. The molecule has 1 aromatic heterocycles. The van der Waals surface area contributed by atoms with Crippen molar-refractivity contribution in [3.8, 4) is 11.3 Å². The number of hydrogen-bond acceptors (Lipinski definition) is 4. The Hall–Kier alpha value is -3.74. The number of carbonyl (C=O) groups excluding carboxylic acids is 2. The minimum atomic E-state index is -0.386. The zero-order valence-electron chi connectivity index (χ0n) is 20.0. The molecule has 0 radical (unpaired) electrons. The van der Waals surface area contributed by atoms with Gasteiger partial charge in [-0.15, -0.1) is 0 Å². The number of fused-ring (bicyclic) bond motifs is 1. The first-order chi connectivity index (χ1) is 17.2. The third-order valence-corrected chi connectivity index (χ3v) is 6.11. The number of halogens is 2. The molecule has 0 aliphatic carbocycles. The lowest BCUT2D eigenvalue weighted by Gasteiger charge is -2.11. The van der Waals surface area contributed by atoms with Crippen molar-refractivity contribution in [2.45, 2.75) is 20.8 Å². The van der Waals surface area contributed by atoms with Crippen molar-refractivity contribution in [1.82, 2.24) is 10.4 Å². The van der Waals surface area contributed by atoms with Crippen LogP contribution in [0, 0.1) is 5.92 Å². The fourth-order valence-corrected chi connectivity index (χ4v) is 4.07. The minimum absolute atomic E-state index is 0.0730. The normalized spacial score (nSPS) is 11.6. The van der Waals surface area contributed by atoms with E-state index in [1.54, 1.807) is 31.2 Å². The summed E-state index contributed by atoms with van der Waals surface area (Å²) in [5, 5.41) is 8.82. The summed E-state index contributed by atoms with van der Waals surface area (Å²) in [6.07, 6.45) is 0. The number of nitrogens with one attached hydrogen (secondary N) is 2. The number of carbonyl (C=O) groups is 2. The van der Waals surface area contributed by atoms with E-state index in [0.717, 1.165) is 5.56 Å². The van der Waals surface area contributed by atoms with Gasteiger partial charge in [0.1, 0.15) is 0 Å². The Morgan fingerprint density at radius 1 is 0.944 bits per heavy atom. The van der Waals surface area contributed by atoms with E-state index in [-0.39, 0.29) is 17.7 Å². The molecule has 0 unspecified atom stereocenters. The van der Waals surface area contributed by atoms with Crippen LogP contribution in [0.4, 0.5) is 5.69 Å². The van der Waals surface area contributed by atoms with E-state index >= 15 is 0 Å². The number of nitrogens with zero attached hydrogens (tertiary/aromatic N) is 2. The van der Waals surface area contributed by atoms with Crippen LogP contribution in [0.3, 0.4) is 0 Å². The molecule has 0 saturated heterocycles. The maximum atomic E-state index is 13.2. The largest absolute Gasteiger partial charge is 0.326 e. The Balaban J connectivity index is 1.64. The van der Waals surface area contributed by atoms with Gasteiger partial charge < -0.3 is 5.32 Å². The SMILES string of the molecule is C/C(=N/NC(=O)c1cc(-c2ccc(Cl)cc2Cl)nc2ccccc12)c1cccc(NC(=O)C(C)C)c1. The zero-order valence-corrected chi connectivity index (χ0v) is 21.5. The number of rotatable bonds is 6. The van der Waals surface area contributed by atoms with Crippen molar-refractivity contribution in [3.05, 3.63) is 94.0 Å². The Labute approximate surface area is 219 Å². The first-order valence-electron chi connectivity index (χ1n) is 11.3. The summed E-state index contributed by atoms with van der Waals surface area (Å²) < 4.78 is 0. The zero-order chi connectivity index (χ0) is 25.8. The molecule has 0 saturated carbocycles. The molecule has 0 bridgehead atoms. The molecule has 1 heterocycles. The summed E-state index contributed by atoms with van der Waals surface area (Å²) in [5.41, 5.74) is 6.95. The summed E-state index contributed by atoms with van der Waals surface area (Å²) in [6, 6.07) is 21.5. The molecule has 0 atom stereocenters. The Kier molecular flexibility index (Phi) is 7.67. The van der Waals surface area contributed by atoms with Crippen molar-refractivity contribution in [2.24, 2.45) is 11.0 Å². The lowest BCUT2D eigenvalue weighted by atomic mass is 10.0. The van der Waals surface area contributed by atoms with Crippen LogP contribution in [0.2, 0.25) is 10.0 Å². The van der Waals surface area contributed by atoms with Crippen LogP contribution in [0.1, 0.15) is 36.7 Å². The number of benzene rings is 3. The van der Waals surface area contributed by atoms with Crippen molar-refractivity contribution in [2.75, 3.05) is 5.32 Å². The van der Waals surface area contributed by atoms with E-state index in [1.807, 2.05) is 62.4 Å². The maximum absolute atomic E-state index is 13.2. The van der Waals surface area contributed by atoms with E-state index in [4.69, 9.17) is 23.2 Å².